The summed E-state index contributed by atoms with van der Waals surface area (Å²) in [6, 6.07) is 4.41. The van der Waals surface area contributed by atoms with E-state index in [1.807, 2.05) is 0 Å². The molecule has 1 aromatic rings. The molecule has 1 rings (SSSR count). The summed E-state index contributed by atoms with van der Waals surface area (Å²) in [5.41, 5.74) is -0.0869. The maximum Gasteiger partial charge on any atom is 0.183 e. The third kappa shape index (κ3) is 1.70. The first-order valence-corrected chi connectivity index (χ1v) is 3.54. The van der Waals surface area contributed by atoms with Gasteiger partial charge >= 0.3 is 0 Å². The van der Waals surface area contributed by atoms with E-state index in [0.29, 0.717) is 5.75 Å². The largest absolute Gasteiger partial charge is 0.497 e. The first-order valence-electron chi connectivity index (χ1n) is 3.54. The number of halogens is 1. The molecule has 4 heteroatoms. The number of ether oxygens (including phenoxy) is 2. The molecular weight excluding hydrogens is 173 g/mol. The first-order chi connectivity index (χ1) is 6.22. The Bertz CT molecular complexity index is 357. The molecule has 0 bridgehead atoms. The topological polar surface area (TPSA) is 42.2 Å². The SMILES string of the molecule is COc1cc(C#N)c(F)c(OC)c1. The second kappa shape index (κ2) is 3.76. The Morgan fingerprint density at radius 2 is 2.00 bits per heavy atom. The number of nitrogens with zero attached hydrogens (tertiary/aromatic N) is 1. The van der Waals surface area contributed by atoms with Crippen LogP contribution in [-0.4, -0.2) is 14.2 Å². The summed E-state index contributed by atoms with van der Waals surface area (Å²) in [6.45, 7) is 0. The maximum atomic E-state index is 13.2. The average molecular weight is 181 g/mol. The van der Waals surface area contributed by atoms with Gasteiger partial charge in [-0.3, -0.25) is 0 Å². The molecule has 0 N–H and O–H groups in total. The highest BCUT2D eigenvalue weighted by atomic mass is 19.1. The van der Waals surface area contributed by atoms with E-state index in [0.717, 1.165) is 0 Å². The fourth-order valence-electron chi connectivity index (χ4n) is 0.920. The summed E-state index contributed by atoms with van der Waals surface area (Å²) >= 11 is 0. The Morgan fingerprint density at radius 1 is 1.31 bits per heavy atom. The predicted octanol–water partition coefficient (Wildman–Crippen LogP) is 1.71. The normalized spacial score (nSPS) is 9.08. The standard InChI is InChI=1S/C9H8FNO2/c1-12-7-3-6(5-11)9(10)8(4-7)13-2/h3-4H,1-2H3. The molecule has 0 aliphatic heterocycles. The van der Waals surface area contributed by atoms with Crippen LogP contribution >= 0.6 is 0 Å². The van der Waals surface area contributed by atoms with Gasteiger partial charge in [0, 0.05) is 12.1 Å². The van der Waals surface area contributed by atoms with Crippen molar-refractivity contribution in [3.63, 3.8) is 0 Å². The van der Waals surface area contributed by atoms with Gasteiger partial charge in [-0.25, -0.2) is 4.39 Å². The van der Waals surface area contributed by atoms with Crippen LogP contribution in [0.25, 0.3) is 0 Å². The van der Waals surface area contributed by atoms with Gasteiger partial charge in [0.2, 0.25) is 0 Å². The molecule has 0 radical (unpaired) electrons. The molecule has 3 nitrogen and oxygen atoms in total. The van der Waals surface area contributed by atoms with E-state index >= 15 is 0 Å². The second-order valence-corrected chi connectivity index (χ2v) is 2.30. The van der Waals surface area contributed by atoms with Gasteiger partial charge in [-0.2, -0.15) is 5.26 Å². The fourth-order valence-corrected chi connectivity index (χ4v) is 0.920. The van der Waals surface area contributed by atoms with E-state index in [-0.39, 0.29) is 11.3 Å². The smallest absolute Gasteiger partial charge is 0.183 e. The zero-order chi connectivity index (χ0) is 9.84. The minimum atomic E-state index is -0.661. The Balaban J connectivity index is 3.31. The quantitative estimate of drug-likeness (QED) is 0.697. The Hall–Kier alpha value is -1.76. The second-order valence-electron chi connectivity index (χ2n) is 2.30. The van der Waals surface area contributed by atoms with Crippen molar-refractivity contribution in [1.29, 1.82) is 5.26 Å². The van der Waals surface area contributed by atoms with Gasteiger partial charge in [0.05, 0.1) is 19.8 Å². The van der Waals surface area contributed by atoms with Crippen LogP contribution in [0.5, 0.6) is 11.5 Å². The van der Waals surface area contributed by atoms with Crippen molar-refractivity contribution >= 4 is 0 Å². The minimum Gasteiger partial charge on any atom is -0.497 e. The average Bonchev–Trinajstić information content (AvgIpc) is 2.18. The lowest BCUT2D eigenvalue weighted by atomic mass is 10.2. The monoisotopic (exact) mass is 181 g/mol. The molecule has 0 heterocycles. The van der Waals surface area contributed by atoms with Gasteiger partial charge in [0.25, 0.3) is 0 Å². The molecule has 13 heavy (non-hydrogen) atoms. The molecule has 1 aromatic carbocycles. The number of benzene rings is 1. The Labute approximate surface area is 75.3 Å². The van der Waals surface area contributed by atoms with E-state index in [9.17, 15) is 4.39 Å². The Kier molecular flexibility index (Phi) is 2.70. The highest BCUT2D eigenvalue weighted by Gasteiger charge is 2.10. The molecular formula is C9H8FNO2. The molecule has 0 saturated heterocycles. The molecule has 0 atom stereocenters. The molecule has 0 fully saturated rings. The summed E-state index contributed by atoms with van der Waals surface area (Å²) in [5.74, 6) is -0.253. The molecule has 0 aliphatic rings. The van der Waals surface area contributed by atoms with Crippen molar-refractivity contribution < 1.29 is 13.9 Å². The Morgan fingerprint density at radius 3 is 2.46 bits per heavy atom. The predicted molar refractivity (Wildman–Crippen MR) is 44.2 cm³/mol. The summed E-state index contributed by atoms with van der Waals surface area (Å²) < 4.78 is 22.8. The van der Waals surface area contributed by atoms with Crippen molar-refractivity contribution in [2.45, 2.75) is 0 Å². The van der Waals surface area contributed by atoms with Gasteiger partial charge < -0.3 is 9.47 Å². The van der Waals surface area contributed by atoms with Gasteiger partial charge in [0.1, 0.15) is 11.8 Å². The van der Waals surface area contributed by atoms with Crippen molar-refractivity contribution in [2.24, 2.45) is 0 Å². The highest BCUT2D eigenvalue weighted by molar-refractivity contribution is 5.45. The molecule has 0 aromatic heterocycles. The maximum absolute atomic E-state index is 13.2. The van der Waals surface area contributed by atoms with Crippen LogP contribution < -0.4 is 9.47 Å². The van der Waals surface area contributed by atoms with Gasteiger partial charge in [-0.05, 0) is 0 Å². The number of nitriles is 1. The lowest BCUT2D eigenvalue weighted by Crippen LogP contribution is -1.94. The van der Waals surface area contributed by atoms with Crippen molar-refractivity contribution in [3.05, 3.63) is 23.5 Å². The molecule has 0 amide bonds. The summed E-state index contributed by atoms with van der Waals surface area (Å²) in [5, 5.41) is 8.56. The summed E-state index contributed by atoms with van der Waals surface area (Å²) in [7, 11) is 2.77. The van der Waals surface area contributed by atoms with Crippen LogP contribution in [0.2, 0.25) is 0 Å². The van der Waals surface area contributed by atoms with E-state index in [1.165, 1.54) is 26.4 Å². The minimum absolute atomic E-state index is 0.0101. The first kappa shape index (κ1) is 9.33. The molecule has 0 unspecified atom stereocenters. The van der Waals surface area contributed by atoms with Crippen molar-refractivity contribution in [2.75, 3.05) is 14.2 Å². The van der Waals surface area contributed by atoms with E-state index < -0.39 is 5.82 Å². The van der Waals surface area contributed by atoms with Crippen LogP contribution in [-0.2, 0) is 0 Å². The van der Waals surface area contributed by atoms with Crippen LogP contribution in [0, 0.1) is 17.1 Å². The molecule has 0 saturated carbocycles. The highest BCUT2D eigenvalue weighted by Crippen LogP contribution is 2.26. The number of rotatable bonds is 2. The van der Waals surface area contributed by atoms with Crippen LogP contribution in [0.15, 0.2) is 12.1 Å². The number of hydrogen-bond acceptors (Lipinski definition) is 3. The lowest BCUT2D eigenvalue weighted by Gasteiger charge is -2.05. The number of hydrogen-bond donors (Lipinski definition) is 0. The third-order valence-electron chi connectivity index (χ3n) is 1.59. The third-order valence-corrected chi connectivity index (χ3v) is 1.59. The number of methoxy groups -OCH3 is 2. The molecule has 0 spiro atoms. The van der Waals surface area contributed by atoms with Gasteiger partial charge in [0.15, 0.2) is 11.6 Å². The van der Waals surface area contributed by atoms with Gasteiger partial charge in [-0.15, -0.1) is 0 Å². The van der Waals surface area contributed by atoms with Crippen LogP contribution in [0.3, 0.4) is 0 Å². The summed E-state index contributed by atoms with van der Waals surface area (Å²) in [4.78, 5) is 0. The fraction of sp³-hybridized carbons (Fsp3) is 0.222. The molecule has 0 aliphatic carbocycles. The van der Waals surface area contributed by atoms with E-state index in [1.54, 1.807) is 6.07 Å². The van der Waals surface area contributed by atoms with E-state index in [4.69, 9.17) is 14.7 Å². The van der Waals surface area contributed by atoms with Crippen molar-refractivity contribution in [3.8, 4) is 17.6 Å². The summed E-state index contributed by atoms with van der Waals surface area (Å²) in [6.07, 6.45) is 0. The zero-order valence-electron chi connectivity index (χ0n) is 7.30. The van der Waals surface area contributed by atoms with Gasteiger partial charge in [-0.1, -0.05) is 0 Å². The van der Waals surface area contributed by atoms with Crippen molar-refractivity contribution in [1.82, 2.24) is 0 Å². The zero-order valence-corrected chi connectivity index (χ0v) is 7.30. The van der Waals surface area contributed by atoms with E-state index in [2.05, 4.69) is 0 Å². The van der Waals surface area contributed by atoms with Crippen LogP contribution in [0.1, 0.15) is 5.56 Å². The lowest BCUT2D eigenvalue weighted by molar-refractivity contribution is 0.373. The van der Waals surface area contributed by atoms with Crippen LogP contribution in [0.4, 0.5) is 4.39 Å². The molecule has 68 valence electrons.